The predicted octanol–water partition coefficient (Wildman–Crippen LogP) is 4.89. The third-order valence-electron chi connectivity index (χ3n) is 4.71. The molecular formula is C23H20FN5OS. The van der Waals surface area contributed by atoms with Crippen LogP contribution in [0.2, 0.25) is 0 Å². The summed E-state index contributed by atoms with van der Waals surface area (Å²) >= 11 is 1.21. The van der Waals surface area contributed by atoms with Gasteiger partial charge in [0.2, 0.25) is 11.1 Å². The number of nitrogens with zero attached hydrogens (tertiary/aromatic N) is 4. The van der Waals surface area contributed by atoms with E-state index in [-0.39, 0.29) is 5.91 Å². The molecule has 1 aromatic heterocycles. The summed E-state index contributed by atoms with van der Waals surface area (Å²) in [7, 11) is 0. The Bertz CT molecular complexity index is 1210. The van der Waals surface area contributed by atoms with Gasteiger partial charge in [-0.1, -0.05) is 60.3 Å². The second-order valence-electron chi connectivity index (χ2n) is 7.07. The molecule has 0 aliphatic heterocycles. The van der Waals surface area contributed by atoms with Crippen molar-refractivity contribution in [3.8, 4) is 5.69 Å². The van der Waals surface area contributed by atoms with Gasteiger partial charge in [0, 0.05) is 5.69 Å². The molecular weight excluding hydrogens is 413 g/mol. The summed E-state index contributed by atoms with van der Waals surface area (Å²) in [5, 5.41) is 14.6. The number of nitrogens with one attached hydrogen (secondary N) is 1. The van der Waals surface area contributed by atoms with Crippen LogP contribution in [0.3, 0.4) is 0 Å². The summed E-state index contributed by atoms with van der Waals surface area (Å²) in [6, 6.07) is 21.3. The Balaban J connectivity index is 1.67. The van der Waals surface area contributed by atoms with E-state index in [0.29, 0.717) is 10.8 Å². The number of rotatable bonds is 6. The van der Waals surface area contributed by atoms with E-state index in [2.05, 4.69) is 20.8 Å². The van der Waals surface area contributed by atoms with E-state index >= 15 is 0 Å². The van der Waals surface area contributed by atoms with Crippen molar-refractivity contribution in [2.24, 2.45) is 0 Å². The summed E-state index contributed by atoms with van der Waals surface area (Å²) in [4.78, 5) is 13.3. The quantitative estimate of drug-likeness (QED) is 0.438. The molecule has 1 N–H and O–H groups in total. The highest BCUT2D eigenvalue weighted by atomic mass is 32.2. The molecule has 0 saturated carbocycles. The molecule has 4 rings (SSSR count). The highest BCUT2D eigenvalue weighted by Crippen LogP contribution is 2.36. The van der Waals surface area contributed by atoms with Crippen molar-refractivity contribution in [1.82, 2.24) is 20.2 Å². The first-order valence-electron chi connectivity index (χ1n) is 9.65. The molecule has 6 nitrogen and oxygen atoms in total. The van der Waals surface area contributed by atoms with Crippen LogP contribution in [0.5, 0.6) is 0 Å². The second-order valence-corrected chi connectivity index (χ2v) is 8.14. The van der Waals surface area contributed by atoms with Crippen LogP contribution in [-0.2, 0) is 4.79 Å². The Kier molecular flexibility index (Phi) is 6.08. The van der Waals surface area contributed by atoms with E-state index in [1.165, 1.54) is 28.6 Å². The third-order valence-corrected chi connectivity index (χ3v) is 5.90. The summed E-state index contributed by atoms with van der Waals surface area (Å²) in [6.07, 6.45) is 0. The van der Waals surface area contributed by atoms with Crippen LogP contribution in [0, 0.1) is 19.7 Å². The molecule has 3 aromatic carbocycles. The normalized spacial score (nSPS) is 11.8. The fourth-order valence-electron chi connectivity index (χ4n) is 3.10. The number of carbonyl (C=O) groups excluding carboxylic acids is 1. The van der Waals surface area contributed by atoms with Crippen molar-refractivity contribution in [3.63, 3.8) is 0 Å². The zero-order chi connectivity index (χ0) is 21.8. The Labute approximate surface area is 183 Å². The molecule has 0 aliphatic rings. The standard InChI is InChI=1S/C23H20FN5OS/c1-15-11-12-16(2)20(13-15)25-22(30)21(17-7-4-3-5-8-17)31-23-26-27-28-29(23)19-10-6-9-18(24)14-19/h3-14,21H,1-2H3,(H,25,30). The summed E-state index contributed by atoms with van der Waals surface area (Å²) in [5.41, 5.74) is 4.08. The minimum Gasteiger partial charge on any atom is -0.325 e. The maximum absolute atomic E-state index is 13.7. The molecule has 1 atom stereocenters. The van der Waals surface area contributed by atoms with Gasteiger partial charge in [0.05, 0.1) is 5.69 Å². The first-order chi connectivity index (χ1) is 15.0. The maximum Gasteiger partial charge on any atom is 0.242 e. The van der Waals surface area contributed by atoms with Crippen LogP contribution in [0.15, 0.2) is 78.0 Å². The number of aryl methyl sites for hydroxylation is 2. The predicted molar refractivity (Wildman–Crippen MR) is 119 cm³/mol. The van der Waals surface area contributed by atoms with Crippen LogP contribution < -0.4 is 5.32 Å². The number of hydrogen-bond acceptors (Lipinski definition) is 5. The van der Waals surface area contributed by atoms with Gasteiger partial charge < -0.3 is 5.32 Å². The lowest BCUT2D eigenvalue weighted by Gasteiger charge is -2.18. The van der Waals surface area contributed by atoms with Gasteiger partial charge in [-0.25, -0.2) is 4.39 Å². The number of tetrazole rings is 1. The fraction of sp³-hybridized carbons (Fsp3) is 0.130. The number of benzene rings is 3. The third kappa shape index (κ3) is 4.80. The second kappa shape index (κ2) is 9.09. The Hall–Kier alpha value is -3.52. The van der Waals surface area contributed by atoms with Crippen molar-refractivity contribution in [2.45, 2.75) is 24.3 Å². The fourth-order valence-corrected chi connectivity index (χ4v) is 4.09. The molecule has 31 heavy (non-hydrogen) atoms. The molecule has 8 heteroatoms. The molecule has 1 heterocycles. The highest BCUT2D eigenvalue weighted by molar-refractivity contribution is 8.00. The van der Waals surface area contributed by atoms with E-state index < -0.39 is 11.1 Å². The van der Waals surface area contributed by atoms with Crippen molar-refractivity contribution in [3.05, 3.63) is 95.3 Å². The molecule has 0 bridgehead atoms. The number of hydrogen-bond donors (Lipinski definition) is 1. The van der Waals surface area contributed by atoms with Gasteiger partial charge in [-0.2, -0.15) is 4.68 Å². The largest absolute Gasteiger partial charge is 0.325 e. The molecule has 1 amide bonds. The van der Waals surface area contributed by atoms with Crippen LogP contribution in [0.4, 0.5) is 10.1 Å². The number of aromatic nitrogens is 4. The molecule has 1 unspecified atom stereocenters. The first-order valence-corrected chi connectivity index (χ1v) is 10.5. The minimum absolute atomic E-state index is 0.196. The number of carbonyl (C=O) groups is 1. The number of halogens is 1. The number of anilines is 1. The Morgan fingerprint density at radius 3 is 2.61 bits per heavy atom. The average Bonchev–Trinajstić information content (AvgIpc) is 3.23. The van der Waals surface area contributed by atoms with Crippen molar-refractivity contribution in [2.75, 3.05) is 5.32 Å². The van der Waals surface area contributed by atoms with Gasteiger partial charge in [-0.15, -0.1) is 5.10 Å². The van der Waals surface area contributed by atoms with Gasteiger partial charge in [0.1, 0.15) is 11.1 Å². The molecule has 156 valence electrons. The Morgan fingerprint density at radius 1 is 1.03 bits per heavy atom. The smallest absolute Gasteiger partial charge is 0.242 e. The van der Waals surface area contributed by atoms with Gasteiger partial charge in [0.15, 0.2) is 0 Å². The first kappa shape index (κ1) is 20.7. The minimum atomic E-state index is -0.612. The monoisotopic (exact) mass is 433 g/mol. The van der Waals surface area contributed by atoms with E-state index in [1.54, 1.807) is 12.1 Å². The summed E-state index contributed by atoms with van der Waals surface area (Å²) < 4.78 is 15.1. The van der Waals surface area contributed by atoms with Crippen LogP contribution in [0.1, 0.15) is 21.9 Å². The topological polar surface area (TPSA) is 72.7 Å². The molecule has 0 saturated heterocycles. The zero-order valence-corrected chi connectivity index (χ0v) is 17.8. The lowest BCUT2D eigenvalue weighted by molar-refractivity contribution is -0.115. The van der Waals surface area contributed by atoms with E-state index in [1.807, 2.05) is 62.4 Å². The SMILES string of the molecule is Cc1ccc(C)c(NC(=O)C(Sc2nnnn2-c2cccc(F)c2)c2ccccc2)c1. The molecule has 4 aromatic rings. The number of thioether (sulfide) groups is 1. The lowest BCUT2D eigenvalue weighted by Crippen LogP contribution is -2.20. The average molecular weight is 434 g/mol. The van der Waals surface area contributed by atoms with Crippen LogP contribution in [-0.4, -0.2) is 26.1 Å². The van der Waals surface area contributed by atoms with Crippen LogP contribution >= 0.6 is 11.8 Å². The van der Waals surface area contributed by atoms with E-state index in [0.717, 1.165) is 22.4 Å². The molecule has 0 aliphatic carbocycles. The number of amides is 1. The summed E-state index contributed by atoms with van der Waals surface area (Å²) in [6.45, 7) is 3.93. The van der Waals surface area contributed by atoms with Gasteiger partial charge in [0.25, 0.3) is 0 Å². The van der Waals surface area contributed by atoms with Crippen molar-refractivity contribution >= 4 is 23.4 Å². The van der Waals surface area contributed by atoms with Gasteiger partial charge >= 0.3 is 0 Å². The van der Waals surface area contributed by atoms with Gasteiger partial charge in [-0.3, -0.25) is 4.79 Å². The van der Waals surface area contributed by atoms with Crippen LogP contribution in [0.25, 0.3) is 5.69 Å². The van der Waals surface area contributed by atoms with E-state index in [4.69, 9.17) is 0 Å². The van der Waals surface area contributed by atoms with Gasteiger partial charge in [-0.05, 0) is 65.2 Å². The molecule has 0 radical (unpaired) electrons. The van der Waals surface area contributed by atoms with E-state index in [9.17, 15) is 9.18 Å². The van der Waals surface area contributed by atoms with Crippen molar-refractivity contribution < 1.29 is 9.18 Å². The Morgan fingerprint density at radius 2 is 1.84 bits per heavy atom. The van der Waals surface area contributed by atoms with Crippen molar-refractivity contribution in [1.29, 1.82) is 0 Å². The molecule has 0 fully saturated rings. The zero-order valence-electron chi connectivity index (χ0n) is 17.0. The lowest BCUT2D eigenvalue weighted by atomic mass is 10.1. The highest BCUT2D eigenvalue weighted by Gasteiger charge is 2.26. The molecule has 0 spiro atoms. The summed E-state index contributed by atoms with van der Waals surface area (Å²) in [5.74, 6) is -0.588. The maximum atomic E-state index is 13.7.